The third-order valence-corrected chi connectivity index (χ3v) is 3.59. The summed E-state index contributed by atoms with van der Waals surface area (Å²) in [6.07, 6.45) is 0. The number of non-ortho nitro benzene ring substituents is 1. The van der Waals surface area contributed by atoms with E-state index in [-0.39, 0.29) is 22.1 Å². The molecular formula is C12H9N5O3S. The average molecular weight is 303 g/mol. The van der Waals surface area contributed by atoms with Crippen molar-refractivity contribution in [3.63, 3.8) is 0 Å². The number of nitrogen functional groups attached to an aromatic ring is 1. The number of rotatable bonds is 3. The lowest BCUT2D eigenvalue weighted by Gasteiger charge is -2.05. The summed E-state index contributed by atoms with van der Waals surface area (Å²) < 4.78 is 0. The second kappa shape index (κ2) is 5.56. The van der Waals surface area contributed by atoms with Gasteiger partial charge in [0.05, 0.1) is 21.9 Å². The smallest absolute Gasteiger partial charge is 0.270 e. The van der Waals surface area contributed by atoms with Crippen LogP contribution in [0, 0.1) is 28.4 Å². The third kappa shape index (κ3) is 2.96. The highest BCUT2D eigenvalue weighted by Crippen LogP contribution is 2.24. The largest absolute Gasteiger partial charge is 0.375 e. The van der Waals surface area contributed by atoms with Crippen molar-refractivity contribution in [3.8, 4) is 6.07 Å². The Labute approximate surface area is 123 Å². The highest BCUT2D eigenvalue weighted by molar-refractivity contribution is 7.17. The van der Waals surface area contributed by atoms with Crippen LogP contribution in [-0.4, -0.2) is 15.8 Å². The first-order valence-electron chi connectivity index (χ1n) is 5.65. The van der Waals surface area contributed by atoms with Crippen LogP contribution in [0.25, 0.3) is 0 Å². The number of nitrogens with two attached hydrogens (primary N) is 1. The van der Waals surface area contributed by atoms with E-state index in [1.165, 1.54) is 12.1 Å². The van der Waals surface area contributed by atoms with Gasteiger partial charge in [-0.05, 0) is 13.0 Å². The van der Waals surface area contributed by atoms with E-state index in [1.807, 2.05) is 6.07 Å². The molecule has 1 aromatic carbocycles. The van der Waals surface area contributed by atoms with Crippen LogP contribution in [0.15, 0.2) is 18.2 Å². The van der Waals surface area contributed by atoms with E-state index < -0.39 is 10.8 Å². The number of carbonyl (C=O) groups excluding carboxylic acids is 1. The molecule has 0 saturated carbocycles. The first-order chi connectivity index (χ1) is 9.92. The monoisotopic (exact) mass is 303 g/mol. The van der Waals surface area contributed by atoms with Crippen molar-refractivity contribution < 1.29 is 9.72 Å². The Morgan fingerprint density at radius 3 is 2.81 bits per heavy atom. The van der Waals surface area contributed by atoms with Gasteiger partial charge in [0.15, 0.2) is 5.13 Å². The van der Waals surface area contributed by atoms with Crippen molar-refractivity contribution in [1.82, 2.24) is 4.98 Å². The van der Waals surface area contributed by atoms with Crippen LogP contribution < -0.4 is 11.1 Å². The van der Waals surface area contributed by atoms with Crippen molar-refractivity contribution in [2.75, 3.05) is 11.1 Å². The van der Waals surface area contributed by atoms with Crippen molar-refractivity contribution in [2.24, 2.45) is 0 Å². The van der Waals surface area contributed by atoms with Gasteiger partial charge in [-0.25, -0.2) is 4.98 Å². The van der Waals surface area contributed by atoms with Crippen molar-refractivity contribution >= 4 is 33.8 Å². The zero-order chi connectivity index (χ0) is 15.6. The Hall–Kier alpha value is -2.99. The molecule has 0 aliphatic rings. The van der Waals surface area contributed by atoms with Gasteiger partial charge in [-0.3, -0.25) is 14.9 Å². The highest BCUT2D eigenvalue weighted by atomic mass is 32.1. The number of nitriles is 1. The van der Waals surface area contributed by atoms with Crippen LogP contribution in [-0.2, 0) is 0 Å². The lowest BCUT2D eigenvalue weighted by Crippen LogP contribution is -2.12. The molecule has 1 amide bonds. The molecule has 9 heteroatoms. The molecule has 1 heterocycles. The quantitative estimate of drug-likeness (QED) is 0.658. The molecule has 2 aromatic rings. The second-order valence-electron chi connectivity index (χ2n) is 4.02. The lowest BCUT2D eigenvalue weighted by atomic mass is 10.1. The van der Waals surface area contributed by atoms with Crippen LogP contribution in [0.2, 0.25) is 0 Å². The maximum atomic E-state index is 12.1. The first-order valence-corrected chi connectivity index (χ1v) is 6.47. The summed E-state index contributed by atoms with van der Waals surface area (Å²) in [6, 6.07) is 5.44. The highest BCUT2D eigenvalue weighted by Gasteiger charge is 2.17. The van der Waals surface area contributed by atoms with E-state index in [2.05, 4.69) is 10.3 Å². The molecule has 0 bridgehead atoms. The minimum Gasteiger partial charge on any atom is -0.375 e. The summed E-state index contributed by atoms with van der Waals surface area (Å²) in [4.78, 5) is 26.4. The Balaban J connectivity index is 2.32. The van der Waals surface area contributed by atoms with Crippen molar-refractivity contribution in [1.29, 1.82) is 5.26 Å². The molecule has 0 fully saturated rings. The Bertz CT molecular complexity index is 778. The molecule has 0 aliphatic heterocycles. The minimum atomic E-state index is -0.611. The summed E-state index contributed by atoms with van der Waals surface area (Å²) in [7, 11) is 0. The molecule has 8 nitrogen and oxygen atoms in total. The summed E-state index contributed by atoms with van der Waals surface area (Å²) in [5.41, 5.74) is 5.98. The normalized spacial score (nSPS) is 9.90. The number of aryl methyl sites for hydroxylation is 1. The number of thiazole rings is 1. The van der Waals surface area contributed by atoms with Crippen molar-refractivity contribution in [3.05, 3.63) is 44.4 Å². The molecule has 0 aliphatic carbocycles. The van der Waals surface area contributed by atoms with Crippen LogP contribution >= 0.6 is 11.3 Å². The number of nitro benzene ring substituents is 1. The summed E-state index contributed by atoms with van der Waals surface area (Å²) in [6.45, 7) is 1.64. The zero-order valence-electron chi connectivity index (χ0n) is 10.8. The topological polar surface area (TPSA) is 135 Å². The van der Waals surface area contributed by atoms with E-state index in [0.29, 0.717) is 10.6 Å². The maximum Gasteiger partial charge on any atom is 0.270 e. The number of amides is 1. The van der Waals surface area contributed by atoms with Crippen LogP contribution in [0.5, 0.6) is 0 Å². The second-order valence-corrected chi connectivity index (χ2v) is 5.05. The van der Waals surface area contributed by atoms with Crippen LogP contribution in [0.3, 0.4) is 0 Å². The lowest BCUT2D eigenvalue weighted by molar-refractivity contribution is -0.384. The van der Waals surface area contributed by atoms with Gasteiger partial charge in [0.25, 0.3) is 11.6 Å². The van der Waals surface area contributed by atoms with E-state index in [0.717, 1.165) is 17.4 Å². The Morgan fingerprint density at radius 2 is 2.29 bits per heavy atom. The van der Waals surface area contributed by atoms with Gasteiger partial charge in [0, 0.05) is 12.1 Å². The molecular weight excluding hydrogens is 294 g/mol. The molecule has 0 unspecified atom stereocenters. The average Bonchev–Trinajstić information content (AvgIpc) is 2.78. The molecule has 2 rings (SSSR count). The number of anilines is 2. The number of hydrogen-bond acceptors (Lipinski definition) is 7. The third-order valence-electron chi connectivity index (χ3n) is 2.60. The molecule has 0 saturated heterocycles. The first kappa shape index (κ1) is 14.4. The Morgan fingerprint density at radius 1 is 1.57 bits per heavy atom. The predicted octanol–water partition coefficient (Wildman–Crippen LogP) is 2.07. The SMILES string of the molecule is Cc1nc(N)sc1C(=O)Nc1ccc([N+](=O)[O-])cc1C#N. The fraction of sp³-hybridized carbons (Fsp3) is 0.0833. The fourth-order valence-corrected chi connectivity index (χ4v) is 2.38. The van der Waals surface area contributed by atoms with E-state index in [1.54, 1.807) is 6.92 Å². The van der Waals surface area contributed by atoms with Gasteiger partial charge in [0.1, 0.15) is 10.9 Å². The maximum absolute atomic E-state index is 12.1. The minimum absolute atomic E-state index is 0.00712. The molecule has 21 heavy (non-hydrogen) atoms. The molecule has 1 aromatic heterocycles. The van der Waals surface area contributed by atoms with E-state index in [9.17, 15) is 14.9 Å². The van der Waals surface area contributed by atoms with Crippen LogP contribution in [0.1, 0.15) is 20.9 Å². The molecule has 0 radical (unpaired) electrons. The van der Waals surface area contributed by atoms with Gasteiger partial charge >= 0.3 is 0 Å². The van der Waals surface area contributed by atoms with Gasteiger partial charge in [-0.15, -0.1) is 0 Å². The molecule has 0 spiro atoms. The number of aromatic nitrogens is 1. The summed E-state index contributed by atoms with van der Waals surface area (Å²) in [5.74, 6) is -0.466. The zero-order valence-corrected chi connectivity index (χ0v) is 11.6. The van der Waals surface area contributed by atoms with E-state index >= 15 is 0 Å². The molecule has 106 valence electrons. The van der Waals surface area contributed by atoms with Gasteiger partial charge < -0.3 is 11.1 Å². The molecule has 0 atom stereocenters. The number of hydrogen-bond donors (Lipinski definition) is 2. The van der Waals surface area contributed by atoms with Crippen molar-refractivity contribution in [2.45, 2.75) is 6.92 Å². The standard InChI is InChI=1S/C12H9N5O3S/c1-6-10(21-12(14)15-6)11(18)16-9-3-2-8(17(19)20)4-7(9)5-13/h2-4H,1H3,(H2,14,15)(H,16,18). The van der Waals surface area contributed by atoms with Gasteiger partial charge in [-0.1, -0.05) is 11.3 Å². The summed E-state index contributed by atoms with van der Waals surface area (Å²) in [5, 5.41) is 22.5. The number of nitrogens with one attached hydrogen (secondary N) is 1. The number of nitro groups is 1. The Kier molecular flexibility index (Phi) is 3.82. The summed E-state index contributed by atoms with van der Waals surface area (Å²) >= 11 is 1.03. The van der Waals surface area contributed by atoms with E-state index in [4.69, 9.17) is 11.0 Å². The van der Waals surface area contributed by atoms with Gasteiger partial charge in [-0.2, -0.15) is 5.26 Å². The van der Waals surface area contributed by atoms with Gasteiger partial charge in [0.2, 0.25) is 0 Å². The fourth-order valence-electron chi connectivity index (χ4n) is 1.65. The number of nitrogens with zero attached hydrogens (tertiary/aromatic N) is 3. The number of carbonyl (C=O) groups is 1. The molecule has 3 N–H and O–H groups in total. The predicted molar refractivity (Wildman–Crippen MR) is 77.0 cm³/mol. The van der Waals surface area contributed by atoms with Crippen LogP contribution in [0.4, 0.5) is 16.5 Å². The number of benzene rings is 1.